The lowest BCUT2D eigenvalue weighted by molar-refractivity contribution is 0.404. The summed E-state index contributed by atoms with van der Waals surface area (Å²) in [5, 5.41) is 0. The lowest BCUT2D eigenvalue weighted by Gasteiger charge is -2.19. The zero-order valence-electron chi connectivity index (χ0n) is 11.0. The van der Waals surface area contributed by atoms with Crippen LogP contribution in [0.2, 0.25) is 0 Å². The Kier molecular flexibility index (Phi) is 5.17. The number of halogens is 2. The lowest BCUT2D eigenvalue weighted by atomic mass is 9.95. The van der Waals surface area contributed by atoms with Crippen molar-refractivity contribution in [2.24, 2.45) is 11.8 Å². The maximum Gasteiger partial charge on any atom is 0.150 e. The highest BCUT2D eigenvalue weighted by atomic mass is 79.9. The zero-order chi connectivity index (χ0) is 14.8. The maximum absolute atomic E-state index is 13.7. The van der Waals surface area contributed by atoms with Crippen LogP contribution in [0.4, 0.5) is 4.39 Å². The quantitative estimate of drug-likeness (QED) is 0.617. The first-order valence-electron chi connectivity index (χ1n) is 6.50. The highest BCUT2D eigenvalue weighted by Crippen LogP contribution is 2.25. The summed E-state index contributed by atoms with van der Waals surface area (Å²) in [6.07, 6.45) is 1.75. The van der Waals surface area contributed by atoms with Crippen molar-refractivity contribution >= 4 is 25.8 Å². The molecule has 1 aliphatic heterocycles. The second-order valence-electron chi connectivity index (χ2n) is 5.31. The van der Waals surface area contributed by atoms with Crippen LogP contribution >= 0.6 is 15.9 Å². The number of nitrogens with one attached hydrogen (secondary N) is 1. The molecule has 4 nitrogen and oxygen atoms in total. The molecule has 2 atom stereocenters. The molecule has 20 heavy (non-hydrogen) atoms. The summed E-state index contributed by atoms with van der Waals surface area (Å²) in [7, 11) is -2.89. The van der Waals surface area contributed by atoms with Gasteiger partial charge in [0.15, 0.2) is 9.84 Å². The Balaban J connectivity index is 2.01. The number of hydrazine groups is 1. The van der Waals surface area contributed by atoms with Gasteiger partial charge in [-0.3, -0.25) is 11.3 Å². The summed E-state index contributed by atoms with van der Waals surface area (Å²) in [6, 6.07) is 4.66. The van der Waals surface area contributed by atoms with E-state index in [1.807, 2.05) is 0 Å². The van der Waals surface area contributed by atoms with Gasteiger partial charge in [-0.2, -0.15) is 0 Å². The molecule has 2 rings (SSSR count). The van der Waals surface area contributed by atoms with E-state index in [4.69, 9.17) is 5.84 Å². The normalized spacial score (nSPS) is 22.9. The molecule has 0 amide bonds. The Morgan fingerprint density at radius 1 is 1.50 bits per heavy atom. The van der Waals surface area contributed by atoms with E-state index in [-0.39, 0.29) is 29.3 Å². The molecule has 0 radical (unpaired) electrons. The van der Waals surface area contributed by atoms with Gasteiger partial charge in [-0.15, -0.1) is 0 Å². The monoisotopic (exact) mass is 364 g/mol. The number of benzene rings is 1. The third-order valence-corrected chi connectivity index (χ3v) is 5.98. The third kappa shape index (κ3) is 4.25. The minimum atomic E-state index is -2.89. The Morgan fingerprint density at radius 2 is 2.25 bits per heavy atom. The Labute approximate surface area is 126 Å². The average Bonchev–Trinajstić information content (AvgIpc) is 2.72. The summed E-state index contributed by atoms with van der Waals surface area (Å²) < 4.78 is 37.4. The van der Waals surface area contributed by atoms with Crippen LogP contribution in [-0.2, 0) is 16.3 Å². The van der Waals surface area contributed by atoms with Gasteiger partial charge in [0.05, 0.1) is 11.5 Å². The van der Waals surface area contributed by atoms with Crippen molar-refractivity contribution < 1.29 is 12.8 Å². The SMILES string of the molecule is NNC(Cc1cc(Br)ccc1F)CC1CCS(=O)(=O)C1. The van der Waals surface area contributed by atoms with Crippen molar-refractivity contribution in [2.75, 3.05) is 11.5 Å². The molecule has 0 spiro atoms. The van der Waals surface area contributed by atoms with Crippen LogP contribution in [0.1, 0.15) is 18.4 Å². The standard InChI is InChI=1S/C13H18BrFN2O2S/c14-11-1-2-13(15)10(6-11)7-12(17-16)5-9-3-4-20(18,19)8-9/h1-2,6,9,12,17H,3-5,7-8,16H2. The molecule has 1 saturated heterocycles. The van der Waals surface area contributed by atoms with E-state index in [2.05, 4.69) is 21.4 Å². The summed E-state index contributed by atoms with van der Waals surface area (Å²) >= 11 is 3.31. The lowest BCUT2D eigenvalue weighted by Crippen LogP contribution is -2.38. The summed E-state index contributed by atoms with van der Waals surface area (Å²) in [5.74, 6) is 5.82. The molecule has 0 aliphatic carbocycles. The first-order valence-corrected chi connectivity index (χ1v) is 9.11. The fraction of sp³-hybridized carbons (Fsp3) is 0.538. The van der Waals surface area contributed by atoms with Crippen LogP contribution in [0.15, 0.2) is 22.7 Å². The van der Waals surface area contributed by atoms with Gasteiger partial charge in [-0.1, -0.05) is 15.9 Å². The molecule has 1 aliphatic rings. The average molecular weight is 365 g/mol. The minimum absolute atomic E-state index is 0.108. The van der Waals surface area contributed by atoms with Gasteiger partial charge < -0.3 is 0 Å². The molecule has 112 valence electrons. The number of sulfone groups is 1. The first kappa shape index (κ1) is 15.9. The van der Waals surface area contributed by atoms with Crippen molar-refractivity contribution in [1.82, 2.24) is 5.43 Å². The first-order chi connectivity index (χ1) is 9.39. The van der Waals surface area contributed by atoms with E-state index in [0.717, 1.165) is 4.47 Å². The van der Waals surface area contributed by atoms with Gasteiger partial charge >= 0.3 is 0 Å². The van der Waals surface area contributed by atoms with E-state index in [9.17, 15) is 12.8 Å². The van der Waals surface area contributed by atoms with E-state index >= 15 is 0 Å². The fourth-order valence-corrected chi connectivity index (χ4v) is 4.92. The highest BCUT2D eigenvalue weighted by molar-refractivity contribution is 9.10. The zero-order valence-corrected chi connectivity index (χ0v) is 13.4. The van der Waals surface area contributed by atoms with Crippen LogP contribution in [-0.4, -0.2) is 26.0 Å². The predicted octanol–water partition coefficient (Wildman–Crippen LogP) is 1.79. The molecule has 0 aromatic heterocycles. The van der Waals surface area contributed by atoms with Gasteiger partial charge in [0.25, 0.3) is 0 Å². The molecule has 1 aromatic rings. The Hall–Kier alpha value is -0.500. The summed E-state index contributed by atoms with van der Waals surface area (Å²) in [5.41, 5.74) is 3.25. The predicted molar refractivity (Wildman–Crippen MR) is 80.3 cm³/mol. The largest absolute Gasteiger partial charge is 0.271 e. The minimum Gasteiger partial charge on any atom is -0.271 e. The number of rotatable bonds is 5. The van der Waals surface area contributed by atoms with Crippen molar-refractivity contribution in [2.45, 2.75) is 25.3 Å². The van der Waals surface area contributed by atoms with Crippen molar-refractivity contribution in [1.29, 1.82) is 0 Å². The molecular formula is C13H18BrFN2O2S. The molecular weight excluding hydrogens is 347 g/mol. The molecule has 1 heterocycles. The highest BCUT2D eigenvalue weighted by Gasteiger charge is 2.29. The number of hydrogen-bond acceptors (Lipinski definition) is 4. The molecule has 2 unspecified atom stereocenters. The van der Waals surface area contributed by atoms with E-state index < -0.39 is 9.84 Å². The molecule has 7 heteroatoms. The Morgan fingerprint density at radius 3 is 2.85 bits per heavy atom. The van der Waals surface area contributed by atoms with Crippen LogP contribution in [0.3, 0.4) is 0 Å². The van der Waals surface area contributed by atoms with Gasteiger partial charge in [0.2, 0.25) is 0 Å². The smallest absolute Gasteiger partial charge is 0.150 e. The van der Waals surface area contributed by atoms with E-state index in [1.165, 1.54) is 6.07 Å². The molecule has 1 aromatic carbocycles. The Bertz CT molecular complexity index is 580. The second kappa shape index (κ2) is 6.51. The van der Waals surface area contributed by atoms with Gasteiger partial charge in [0, 0.05) is 10.5 Å². The second-order valence-corrected chi connectivity index (χ2v) is 8.45. The fourth-order valence-electron chi connectivity index (χ4n) is 2.64. The van der Waals surface area contributed by atoms with E-state index in [0.29, 0.717) is 24.8 Å². The van der Waals surface area contributed by atoms with E-state index in [1.54, 1.807) is 12.1 Å². The van der Waals surface area contributed by atoms with Crippen LogP contribution in [0, 0.1) is 11.7 Å². The van der Waals surface area contributed by atoms with Crippen LogP contribution in [0.25, 0.3) is 0 Å². The molecule has 0 saturated carbocycles. The third-order valence-electron chi connectivity index (χ3n) is 3.65. The van der Waals surface area contributed by atoms with Crippen molar-refractivity contribution in [3.63, 3.8) is 0 Å². The molecule has 1 fully saturated rings. The molecule has 0 bridgehead atoms. The van der Waals surface area contributed by atoms with Crippen LogP contribution in [0.5, 0.6) is 0 Å². The number of hydrogen-bond donors (Lipinski definition) is 2. The van der Waals surface area contributed by atoms with Crippen LogP contribution < -0.4 is 11.3 Å². The maximum atomic E-state index is 13.7. The summed E-state index contributed by atoms with van der Waals surface area (Å²) in [6.45, 7) is 0. The summed E-state index contributed by atoms with van der Waals surface area (Å²) in [4.78, 5) is 0. The van der Waals surface area contributed by atoms with Gasteiger partial charge in [-0.25, -0.2) is 12.8 Å². The van der Waals surface area contributed by atoms with Gasteiger partial charge in [0.1, 0.15) is 5.82 Å². The van der Waals surface area contributed by atoms with Crippen molar-refractivity contribution in [3.05, 3.63) is 34.1 Å². The topological polar surface area (TPSA) is 72.2 Å². The molecule has 3 N–H and O–H groups in total. The van der Waals surface area contributed by atoms with Gasteiger partial charge in [-0.05, 0) is 48.9 Å². The number of nitrogens with two attached hydrogens (primary N) is 1. The van der Waals surface area contributed by atoms with Crippen molar-refractivity contribution in [3.8, 4) is 0 Å².